The van der Waals surface area contributed by atoms with Crippen LogP contribution in [0.3, 0.4) is 0 Å². The molecule has 0 aromatic carbocycles. The van der Waals surface area contributed by atoms with E-state index in [1.807, 2.05) is 7.05 Å². The number of amidine groups is 1. The highest BCUT2D eigenvalue weighted by atomic mass is 15.5. The van der Waals surface area contributed by atoms with Crippen LogP contribution in [0.4, 0.5) is 0 Å². The number of hydrazine groups is 1. The molecule has 0 radical (unpaired) electrons. The van der Waals surface area contributed by atoms with Crippen LogP contribution in [-0.4, -0.2) is 24.3 Å². The normalized spacial score (nSPS) is 12.0. The highest BCUT2D eigenvalue weighted by Gasteiger charge is 2.09. The van der Waals surface area contributed by atoms with E-state index in [2.05, 4.69) is 36.3 Å². The van der Waals surface area contributed by atoms with E-state index in [0.29, 0.717) is 5.92 Å². The number of nitrogens with one attached hydrogen (secondary N) is 1. The Hall–Kier alpha value is -0.770. The van der Waals surface area contributed by atoms with Crippen molar-refractivity contribution in [3.63, 3.8) is 0 Å². The third kappa shape index (κ3) is 4.72. The predicted octanol–water partition coefficient (Wildman–Crippen LogP) is 1.15. The fraction of sp³-hybridized carbons (Fsp3) is 0.889. The first-order valence-corrected chi connectivity index (χ1v) is 4.87. The number of rotatable bonds is 5. The molecule has 78 valence electrons. The van der Waals surface area contributed by atoms with E-state index in [4.69, 9.17) is 5.84 Å². The number of nitrogens with zero attached hydrogens (tertiary/aromatic N) is 2. The highest BCUT2D eigenvalue weighted by Crippen LogP contribution is 2.02. The van der Waals surface area contributed by atoms with Gasteiger partial charge in [0.05, 0.1) is 0 Å². The summed E-state index contributed by atoms with van der Waals surface area (Å²) in [5, 5.41) is 4.05. The first-order chi connectivity index (χ1) is 6.13. The van der Waals surface area contributed by atoms with Crippen LogP contribution < -0.4 is 11.4 Å². The van der Waals surface area contributed by atoms with Gasteiger partial charge in [0.15, 0.2) is 0 Å². The SMILES string of the molecule is CCCCN(C)/C(=N\NN)C(C)C. The Morgan fingerprint density at radius 2 is 2.15 bits per heavy atom. The monoisotopic (exact) mass is 186 g/mol. The molecule has 0 aliphatic rings. The molecule has 0 aliphatic carbocycles. The second kappa shape index (κ2) is 6.71. The highest BCUT2D eigenvalue weighted by molar-refractivity contribution is 5.83. The van der Waals surface area contributed by atoms with Crippen LogP contribution in [0.25, 0.3) is 0 Å². The summed E-state index contributed by atoms with van der Waals surface area (Å²) in [6.07, 6.45) is 2.39. The summed E-state index contributed by atoms with van der Waals surface area (Å²) in [6.45, 7) is 7.44. The van der Waals surface area contributed by atoms with Gasteiger partial charge in [0, 0.05) is 19.5 Å². The summed E-state index contributed by atoms with van der Waals surface area (Å²) in [5.74, 6) is 6.58. The number of hydrazone groups is 1. The van der Waals surface area contributed by atoms with E-state index < -0.39 is 0 Å². The molecular weight excluding hydrogens is 164 g/mol. The molecule has 4 nitrogen and oxygen atoms in total. The van der Waals surface area contributed by atoms with Crippen molar-refractivity contribution in [2.45, 2.75) is 33.6 Å². The fourth-order valence-corrected chi connectivity index (χ4v) is 1.23. The molecule has 13 heavy (non-hydrogen) atoms. The zero-order valence-corrected chi connectivity index (χ0v) is 9.17. The predicted molar refractivity (Wildman–Crippen MR) is 57.1 cm³/mol. The third-order valence-electron chi connectivity index (χ3n) is 1.93. The van der Waals surface area contributed by atoms with Crippen molar-refractivity contribution in [2.24, 2.45) is 16.9 Å². The molecule has 0 aromatic rings. The van der Waals surface area contributed by atoms with Gasteiger partial charge < -0.3 is 4.90 Å². The molecule has 0 bridgehead atoms. The lowest BCUT2D eigenvalue weighted by Crippen LogP contribution is -2.34. The Labute approximate surface area is 81.1 Å². The summed E-state index contributed by atoms with van der Waals surface area (Å²) in [7, 11) is 2.05. The maximum atomic E-state index is 5.17. The third-order valence-corrected chi connectivity index (χ3v) is 1.93. The number of hydrogen-bond acceptors (Lipinski definition) is 3. The summed E-state index contributed by atoms with van der Waals surface area (Å²) in [5.41, 5.74) is 2.35. The van der Waals surface area contributed by atoms with Gasteiger partial charge in [-0.05, 0) is 6.42 Å². The number of nitrogens with two attached hydrogens (primary N) is 1. The smallest absolute Gasteiger partial charge is 0.128 e. The molecule has 0 spiro atoms. The average Bonchev–Trinajstić information content (AvgIpc) is 2.09. The molecule has 0 aromatic heterocycles. The van der Waals surface area contributed by atoms with Gasteiger partial charge in [-0.2, -0.15) is 5.10 Å². The van der Waals surface area contributed by atoms with Crippen LogP contribution in [0.15, 0.2) is 5.10 Å². The second-order valence-electron chi connectivity index (χ2n) is 3.53. The second-order valence-corrected chi connectivity index (χ2v) is 3.53. The number of hydrogen-bond donors (Lipinski definition) is 2. The summed E-state index contributed by atoms with van der Waals surface area (Å²) in [4.78, 5) is 2.15. The molecule has 0 heterocycles. The van der Waals surface area contributed by atoms with Gasteiger partial charge in [-0.1, -0.05) is 27.2 Å². The van der Waals surface area contributed by atoms with Gasteiger partial charge in [-0.15, -0.1) is 0 Å². The molecule has 0 aliphatic heterocycles. The topological polar surface area (TPSA) is 53.6 Å². The van der Waals surface area contributed by atoms with Crippen molar-refractivity contribution >= 4 is 5.84 Å². The molecular formula is C9H22N4. The van der Waals surface area contributed by atoms with E-state index in [0.717, 1.165) is 12.4 Å². The van der Waals surface area contributed by atoms with Gasteiger partial charge in [0.2, 0.25) is 0 Å². The number of unbranched alkanes of at least 4 members (excludes halogenated alkanes) is 1. The summed E-state index contributed by atoms with van der Waals surface area (Å²) in [6, 6.07) is 0. The van der Waals surface area contributed by atoms with Crippen LogP contribution in [0.5, 0.6) is 0 Å². The molecule has 0 atom stereocenters. The van der Waals surface area contributed by atoms with E-state index in [1.165, 1.54) is 12.8 Å². The maximum Gasteiger partial charge on any atom is 0.128 e. The quantitative estimate of drug-likeness (QED) is 0.293. The largest absolute Gasteiger partial charge is 0.361 e. The van der Waals surface area contributed by atoms with Crippen LogP contribution in [0, 0.1) is 5.92 Å². The van der Waals surface area contributed by atoms with Crippen molar-refractivity contribution in [2.75, 3.05) is 13.6 Å². The Kier molecular flexibility index (Phi) is 6.32. The zero-order chi connectivity index (χ0) is 10.3. The molecule has 0 amide bonds. The Morgan fingerprint density at radius 3 is 2.54 bits per heavy atom. The molecule has 4 heteroatoms. The molecule has 0 rings (SSSR count). The van der Waals surface area contributed by atoms with Gasteiger partial charge in [-0.25, -0.2) is 11.4 Å². The van der Waals surface area contributed by atoms with E-state index >= 15 is 0 Å². The van der Waals surface area contributed by atoms with Crippen molar-refractivity contribution in [1.82, 2.24) is 10.4 Å². The lowest BCUT2D eigenvalue weighted by atomic mass is 10.2. The van der Waals surface area contributed by atoms with Crippen LogP contribution >= 0.6 is 0 Å². The minimum absolute atomic E-state index is 0.401. The van der Waals surface area contributed by atoms with Gasteiger partial charge in [-0.3, -0.25) is 0 Å². The van der Waals surface area contributed by atoms with Crippen LogP contribution in [0.1, 0.15) is 33.6 Å². The van der Waals surface area contributed by atoms with E-state index in [9.17, 15) is 0 Å². The standard InChI is InChI=1S/C9H22N4/c1-5-6-7-13(4)9(8(2)3)11-12-10/h8,12H,5-7,10H2,1-4H3/b11-9-. The van der Waals surface area contributed by atoms with E-state index in [1.54, 1.807) is 0 Å². The molecule has 0 saturated heterocycles. The lowest BCUT2D eigenvalue weighted by Gasteiger charge is -2.23. The minimum atomic E-state index is 0.401. The molecule has 0 unspecified atom stereocenters. The minimum Gasteiger partial charge on any atom is -0.361 e. The van der Waals surface area contributed by atoms with Gasteiger partial charge >= 0.3 is 0 Å². The molecule has 0 fully saturated rings. The summed E-state index contributed by atoms with van der Waals surface area (Å²) < 4.78 is 0. The van der Waals surface area contributed by atoms with E-state index in [-0.39, 0.29) is 0 Å². The van der Waals surface area contributed by atoms with Crippen LogP contribution in [0.2, 0.25) is 0 Å². The van der Waals surface area contributed by atoms with Gasteiger partial charge in [0.1, 0.15) is 5.84 Å². The van der Waals surface area contributed by atoms with Crippen molar-refractivity contribution in [3.05, 3.63) is 0 Å². The Balaban J connectivity index is 4.12. The Bertz CT molecular complexity index is 154. The first kappa shape index (κ1) is 12.2. The summed E-state index contributed by atoms with van der Waals surface area (Å²) >= 11 is 0. The maximum absolute atomic E-state index is 5.17. The van der Waals surface area contributed by atoms with Crippen LogP contribution in [-0.2, 0) is 0 Å². The van der Waals surface area contributed by atoms with Gasteiger partial charge in [0.25, 0.3) is 0 Å². The molecule has 0 saturated carbocycles. The lowest BCUT2D eigenvalue weighted by molar-refractivity contribution is 0.454. The molecule has 3 N–H and O–H groups in total. The van der Waals surface area contributed by atoms with Crippen molar-refractivity contribution < 1.29 is 0 Å². The van der Waals surface area contributed by atoms with Crippen molar-refractivity contribution in [1.29, 1.82) is 0 Å². The first-order valence-electron chi connectivity index (χ1n) is 4.87. The zero-order valence-electron chi connectivity index (χ0n) is 9.17. The Morgan fingerprint density at radius 1 is 1.54 bits per heavy atom. The van der Waals surface area contributed by atoms with Crippen molar-refractivity contribution in [3.8, 4) is 0 Å². The average molecular weight is 186 g/mol. The fourth-order valence-electron chi connectivity index (χ4n) is 1.23.